The minimum Gasteiger partial charge on any atom is -0.355 e. The van der Waals surface area contributed by atoms with E-state index < -0.39 is 0 Å². The van der Waals surface area contributed by atoms with Crippen molar-refractivity contribution in [2.24, 2.45) is 0 Å². The molecule has 5 nitrogen and oxygen atoms in total. The molecule has 0 fully saturated rings. The summed E-state index contributed by atoms with van der Waals surface area (Å²) in [4.78, 5) is 29.4. The second-order valence-corrected chi connectivity index (χ2v) is 7.56. The first-order valence-electron chi connectivity index (χ1n) is 9.93. The van der Waals surface area contributed by atoms with Gasteiger partial charge in [-0.2, -0.15) is 0 Å². The smallest absolute Gasteiger partial charge is 0.261 e. The number of para-hydroxylation sites is 1. The molecule has 1 aliphatic carbocycles. The normalized spacial score (nSPS) is 16.0. The molecule has 4 rings (SSSR count). The SMILES string of the molecule is Cc1cccc2c(=O)n(CCC(=O)NCC3CCCc4ccccc43)cnc12. The topological polar surface area (TPSA) is 64.0 Å². The number of fused-ring (bicyclic) bond motifs is 2. The van der Waals surface area contributed by atoms with Crippen LogP contribution in [0.3, 0.4) is 0 Å². The summed E-state index contributed by atoms with van der Waals surface area (Å²) >= 11 is 0. The van der Waals surface area contributed by atoms with Crippen molar-refractivity contribution in [3.63, 3.8) is 0 Å². The lowest BCUT2D eigenvalue weighted by Gasteiger charge is -2.25. The van der Waals surface area contributed by atoms with E-state index in [9.17, 15) is 9.59 Å². The highest BCUT2D eigenvalue weighted by Crippen LogP contribution is 2.30. The van der Waals surface area contributed by atoms with Crippen LogP contribution in [0.15, 0.2) is 53.6 Å². The lowest BCUT2D eigenvalue weighted by molar-refractivity contribution is -0.121. The van der Waals surface area contributed by atoms with E-state index in [0.717, 1.165) is 30.3 Å². The highest BCUT2D eigenvalue weighted by molar-refractivity contribution is 5.80. The fraction of sp³-hybridized carbons (Fsp3) is 0.348. The number of aryl methyl sites for hydroxylation is 3. The largest absolute Gasteiger partial charge is 0.355 e. The van der Waals surface area contributed by atoms with Gasteiger partial charge in [0.05, 0.1) is 17.2 Å². The molecule has 0 aliphatic heterocycles. The Kier molecular flexibility index (Phi) is 5.24. The van der Waals surface area contributed by atoms with Crippen LogP contribution in [-0.4, -0.2) is 22.0 Å². The van der Waals surface area contributed by atoms with Crippen molar-refractivity contribution < 1.29 is 4.79 Å². The van der Waals surface area contributed by atoms with Gasteiger partial charge in [0.15, 0.2) is 0 Å². The fourth-order valence-electron chi connectivity index (χ4n) is 4.11. The van der Waals surface area contributed by atoms with Gasteiger partial charge in [-0.05, 0) is 48.9 Å². The van der Waals surface area contributed by atoms with Crippen LogP contribution in [0.4, 0.5) is 0 Å². The van der Waals surface area contributed by atoms with Gasteiger partial charge in [0.2, 0.25) is 5.91 Å². The number of aromatic nitrogens is 2. The molecule has 28 heavy (non-hydrogen) atoms. The summed E-state index contributed by atoms with van der Waals surface area (Å²) in [6, 6.07) is 14.1. The summed E-state index contributed by atoms with van der Waals surface area (Å²) in [6.07, 6.45) is 5.20. The Hall–Kier alpha value is -2.95. The Bertz CT molecular complexity index is 1070. The number of rotatable bonds is 5. The maximum atomic E-state index is 12.6. The van der Waals surface area contributed by atoms with Crippen LogP contribution in [0.2, 0.25) is 0 Å². The first kappa shape index (κ1) is 18.4. The molecule has 0 radical (unpaired) electrons. The predicted molar refractivity (Wildman–Crippen MR) is 110 cm³/mol. The minimum absolute atomic E-state index is 0.0284. The maximum Gasteiger partial charge on any atom is 0.261 e. The van der Waals surface area contributed by atoms with Crippen molar-refractivity contribution in [3.05, 3.63) is 75.8 Å². The van der Waals surface area contributed by atoms with Gasteiger partial charge >= 0.3 is 0 Å². The lowest BCUT2D eigenvalue weighted by Crippen LogP contribution is -2.31. The van der Waals surface area contributed by atoms with Gasteiger partial charge in [-0.25, -0.2) is 4.98 Å². The highest BCUT2D eigenvalue weighted by Gasteiger charge is 2.20. The van der Waals surface area contributed by atoms with Gasteiger partial charge in [-0.1, -0.05) is 36.4 Å². The first-order chi connectivity index (χ1) is 13.6. The zero-order valence-electron chi connectivity index (χ0n) is 16.1. The van der Waals surface area contributed by atoms with Crippen LogP contribution >= 0.6 is 0 Å². The first-order valence-corrected chi connectivity index (χ1v) is 9.93. The number of hydrogen-bond acceptors (Lipinski definition) is 3. The summed E-state index contributed by atoms with van der Waals surface area (Å²) in [5, 5.41) is 3.65. The Morgan fingerprint density at radius 1 is 1.21 bits per heavy atom. The zero-order valence-corrected chi connectivity index (χ0v) is 16.1. The second-order valence-electron chi connectivity index (χ2n) is 7.56. The number of benzene rings is 2. The molecule has 0 bridgehead atoms. The molecule has 1 amide bonds. The summed E-state index contributed by atoms with van der Waals surface area (Å²) in [5.41, 5.74) is 4.37. The maximum absolute atomic E-state index is 12.6. The molecule has 0 saturated carbocycles. The number of nitrogens with one attached hydrogen (secondary N) is 1. The van der Waals surface area contributed by atoms with E-state index in [-0.39, 0.29) is 17.9 Å². The third-order valence-corrected chi connectivity index (χ3v) is 5.67. The van der Waals surface area contributed by atoms with Crippen molar-refractivity contribution in [1.82, 2.24) is 14.9 Å². The van der Waals surface area contributed by atoms with Crippen molar-refractivity contribution in [1.29, 1.82) is 0 Å². The van der Waals surface area contributed by atoms with Gasteiger partial charge in [0.25, 0.3) is 5.56 Å². The van der Waals surface area contributed by atoms with Crippen LogP contribution in [0.5, 0.6) is 0 Å². The van der Waals surface area contributed by atoms with Crippen molar-refractivity contribution >= 4 is 16.8 Å². The van der Waals surface area contributed by atoms with Crippen molar-refractivity contribution in [3.8, 4) is 0 Å². The third kappa shape index (κ3) is 3.70. The summed E-state index contributed by atoms with van der Waals surface area (Å²) < 4.78 is 1.53. The molecule has 1 atom stereocenters. The molecule has 0 spiro atoms. The van der Waals surface area contributed by atoms with E-state index in [0.29, 0.717) is 24.4 Å². The Morgan fingerprint density at radius 3 is 2.96 bits per heavy atom. The zero-order chi connectivity index (χ0) is 19.5. The van der Waals surface area contributed by atoms with Gasteiger partial charge in [0.1, 0.15) is 0 Å². The Labute approximate surface area is 164 Å². The van der Waals surface area contributed by atoms with Crippen LogP contribution in [-0.2, 0) is 17.8 Å². The molecule has 3 aromatic rings. The van der Waals surface area contributed by atoms with Crippen molar-refractivity contribution in [2.45, 2.75) is 45.1 Å². The second kappa shape index (κ2) is 7.97. The Balaban J connectivity index is 1.37. The molecule has 1 unspecified atom stereocenters. The summed E-state index contributed by atoms with van der Waals surface area (Å²) in [7, 11) is 0. The molecule has 2 aromatic carbocycles. The van der Waals surface area contributed by atoms with Crippen molar-refractivity contribution in [2.75, 3.05) is 6.54 Å². The van der Waals surface area contributed by atoms with Gasteiger partial charge in [0, 0.05) is 25.4 Å². The number of carbonyl (C=O) groups excluding carboxylic acids is 1. The molecule has 5 heteroatoms. The van der Waals surface area contributed by atoms with E-state index in [4.69, 9.17) is 0 Å². The van der Waals surface area contributed by atoms with Crippen LogP contribution in [0.1, 0.15) is 41.9 Å². The van der Waals surface area contributed by atoms with E-state index in [1.807, 2.05) is 19.1 Å². The average Bonchev–Trinajstić information content (AvgIpc) is 2.72. The summed E-state index contributed by atoms with van der Waals surface area (Å²) in [6.45, 7) is 2.93. The van der Waals surface area contributed by atoms with E-state index in [1.165, 1.54) is 15.7 Å². The average molecular weight is 375 g/mol. The molecule has 1 aliphatic rings. The third-order valence-electron chi connectivity index (χ3n) is 5.67. The minimum atomic E-state index is -0.0947. The lowest BCUT2D eigenvalue weighted by atomic mass is 9.83. The predicted octanol–water partition coefficient (Wildman–Crippen LogP) is 3.33. The van der Waals surface area contributed by atoms with E-state index >= 15 is 0 Å². The molecule has 1 N–H and O–H groups in total. The van der Waals surface area contributed by atoms with Crippen LogP contribution < -0.4 is 10.9 Å². The molecule has 144 valence electrons. The quantitative estimate of drug-likeness (QED) is 0.744. The van der Waals surface area contributed by atoms with Crippen LogP contribution in [0, 0.1) is 6.92 Å². The highest BCUT2D eigenvalue weighted by atomic mass is 16.1. The number of amides is 1. The Morgan fingerprint density at radius 2 is 2.07 bits per heavy atom. The van der Waals surface area contributed by atoms with Gasteiger partial charge in [-0.15, -0.1) is 0 Å². The monoisotopic (exact) mass is 375 g/mol. The van der Waals surface area contributed by atoms with E-state index in [2.05, 4.69) is 34.6 Å². The van der Waals surface area contributed by atoms with E-state index in [1.54, 1.807) is 12.4 Å². The number of carbonyl (C=O) groups is 1. The summed E-state index contributed by atoms with van der Waals surface area (Å²) in [5.74, 6) is 0.348. The van der Waals surface area contributed by atoms with Gasteiger partial charge in [-0.3, -0.25) is 14.2 Å². The fourth-order valence-corrected chi connectivity index (χ4v) is 4.11. The molecular formula is C23H25N3O2. The number of hydrogen-bond donors (Lipinski definition) is 1. The van der Waals surface area contributed by atoms with Crippen LogP contribution in [0.25, 0.3) is 10.9 Å². The molecule has 0 saturated heterocycles. The molecule has 1 aromatic heterocycles. The molecular weight excluding hydrogens is 350 g/mol. The number of nitrogens with zero attached hydrogens (tertiary/aromatic N) is 2. The molecule has 1 heterocycles. The van der Waals surface area contributed by atoms with Gasteiger partial charge < -0.3 is 5.32 Å². The standard InChI is InChI=1S/C23H25N3O2/c1-16-6-4-11-20-22(16)25-15-26(23(20)28)13-12-21(27)24-14-18-9-5-8-17-7-2-3-10-19(17)18/h2-4,6-7,10-11,15,18H,5,8-9,12-14H2,1H3,(H,24,27).